The van der Waals surface area contributed by atoms with Gasteiger partial charge in [0.15, 0.2) is 0 Å². The van der Waals surface area contributed by atoms with E-state index in [0.717, 1.165) is 28.1 Å². The first-order valence-electron chi connectivity index (χ1n) is 10.3. The largest absolute Gasteiger partial charge is 0.508 e. The summed E-state index contributed by atoms with van der Waals surface area (Å²) in [6.07, 6.45) is 0. The van der Waals surface area contributed by atoms with Gasteiger partial charge >= 0.3 is 0 Å². The molecule has 0 spiro atoms. The van der Waals surface area contributed by atoms with E-state index >= 15 is 0 Å². The lowest BCUT2D eigenvalue weighted by atomic mass is 10.0. The van der Waals surface area contributed by atoms with Crippen molar-refractivity contribution in [2.45, 2.75) is 0 Å². The Bertz CT molecular complexity index is 1290. The van der Waals surface area contributed by atoms with Crippen molar-refractivity contribution >= 4 is 0 Å². The highest BCUT2D eigenvalue weighted by molar-refractivity contribution is 5.84. The summed E-state index contributed by atoms with van der Waals surface area (Å²) in [6, 6.07) is 27.3. The molecule has 5 aromatic rings. The number of benzene rings is 4. The standard InChI is InChI=1S/C27H20N2O4/c30-21-9-1-17(2-10-21)25-26(18-3-11-22(31)12-4-18)29(20-7-15-24(33)16-8-20)27(28-25)19-5-13-23(32)14-6-19/h1-16,30-33H. The van der Waals surface area contributed by atoms with Crippen LogP contribution in [0.2, 0.25) is 0 Å². The molecule has 1 aromatic heterocycles. The van der Waals surface area contributed by atoms with Gasteiger partial charge in [-0.05, 0) is 97.1 Å². The zero-order chi connectivity index (χ0) is 22.9. The summed E-state index contributed by atoms with van der Waals surface area (Å²) < 4.78 is 1.97. The predicted octanol–water partition coefficient (Wildman–Crippen LogP) is 5.70. The second kappa shape index (κ2) is 8.09. The Balaban J connectivity index is 1.86. The van der Waals surface area contributed by atoms with Gasteiger partial charge in [-0.2, -0.15) is 0 Å². The van der Waals surface area contributed by atoms with Crippen LogP contribution in [0.5, 0.6) is 23.0 Å². The fourth-order valence-electron chi connectivity index (χ4n) is 3.78. The zero-order valence-electron chi connectivity index (χ0n) is 17.4. The third-order valence-corrected chi connectivity index (χ3v) is 5.39. The van der Waals surface area contributed by atoms with E-state index in [1.807, 2.05) is 16.7 Å². The van der Waals surface area contributed by atoms with E-state index in [0.29, 0.717) is 11.5 Å². The average molecular weight is 436 g/mol. The van der Waals surface area contributed by atoms with Gasteiger partial charge < -0.3 is 20.4 Å². The molecule has 4 aromatic carbocycles. The molecular formula is C27H20N2O4. The van der Waals surface area contributed by atoms with E-state index in [2.05, 4.69) is 0 Å². The van der Waals surface area contributed by atoms with Crippen LogP contribution in [0.3, 0.4) is 0 Å². The minimum atomic E-state index is 0.148. The number of aromatic hydroxyl groups is 4. The second-order valence-corrected chi connectivity index (χ2v) is 7.63. The van der Waals surface area contributed by atoms with Crippen LogP contribution >= 0.6 is 0 Å². The van der Waals surface area contributed by atoms with Crippen LogP contribution in [-0.4, -0.2) is 30.0 Å². The van der Waals surface area contributed by atoms with Crippen molar-refractivity contribution in [3.63, 3.8) is 0 Å². The number of nitrogens with zero attached hydrogens (tertiary/aromatic N) is 2. The molecule has 1 heterocycles. The molecule has 0 saturated carbocycles. The van der Waals surface area contributed by atoms with Crippen molar-refractivity contribution in [2.24, 2.45) is 0 Å². The molecular weight excluding hydrogens is 416 g/mol. The zero-order valence-corrected chi connectivity index (χ0v) is 17.4. The van der Waals surface area contributed by atoms with Crippen molar-refractivity contribution in [3.05, 3.63) is 97.1 Å². The van der Waals surface area contributed by atoms with E-state index in [1.165, 1.54) is 0 Å². The monoisotopic (exact) mass is 436 g/mol. The number of aromatic nitrogens is 2. The third kappa shape index (κ3) is 3.85. The van der Waals surface area contributed by atoms with Crippen LogP contribution in [0.1, 0.15) is 0 Å². The highest BCUT2D eigenvalue weighted by Crippen LogP contribution is 2.39. The first-order valence-corrected chi connectivity index (χ1v) is 10.3. The fourth-order valence-corrected chi connectivity index (χ4v) is 3.78. The van der Waals surface area contributed by atoms with Crippen molar-refractivity contribution < 1.29 is 20.4 Å². The fraction of sp³-hybridized carbons (Fsp3) is 0. The van der Waals surface area contributed by atoms with Crippen LogP contribution in [0.25, 0.3) is 39.6 Å². The molecule has 0 amide bonds. The van der Waals surface area contributed by atoms with E-state index in [9.17, 15) is 20.4 Å². The van der Waals surface area contributed by atoms with Crippen molar-refractivity contribution in [2.75, 3.05) is 0 Å². The van der Waals surface area contributed by atoms with Crippen LogP contribution in [0.15, 0.2) is 97.1 Å². The number of hydrogen-bond acceptors (Lipinski definition) is 5. The van der Waals surface area contributed by atoms with Gasteiger partial charge in [0.25, 0.3) is 0 Å². The summed E-state index contributed by atoms with van der Waals surface area (Å²) >= 11 is 0. The molecule has 0 unspecified atom stereocenters. The summed E-state index contributed by atoms with van der Waals surface area (Å²) in [7, 11) is 0. The Kier molecular flexibility index (Phi) is 4.95. The molecule has 0 radical (unpaired) electrons. The molecule has 0 aliphatic rings. The van der Waals surface area contributed by atoms with Crippen LogP contribution < -0.4 is 0 Å². The van der Waals surface area contributed by atoms with E-state index < -0.39 is 0 Å². The summed E-state index contributed by atoms with van der Waals surface area (Å²) in [5.74, 6) is 1.24. The predicted molar refractivity (Wildman–Crippen MR) is 127 cm³/mol. The molecule has 0 aliphatic carbocycles. The molecule has 0 saturated heterocycles. The summed E-state index contributed by atoms with van der Waals surface area (Å²) in [4.78, 5) is 4.98. The lowest BCUT2D eigenvalue weighted by Gasteiger charge is -2.14. The number of phenolic OH excluding ortho intramolecular Hbond substituents is 4. The Morgan fingerprint density at radius 3 is 1.33 bits per heavy atom. The normalized spacial score (nSPS) is 10.9. The van der Waals surface area contributed by atoms with Crippen molar-refractivity contribution in [1.29, 1.82) is 0 Å². The van der Waals surface area contributed by atoms with Gasteiger partial charge in [-0.1, -0.05) is 0 Å². The highest BCUT2D eigenvalue weighted by atomic mass is 16.3. The molecule has 6 nitrogen and oxygen atoms in total. The van der Waals surface area contributed by atoms with Crippen molar-refractivity contribution in [1.82, 2.24) is 9.55 Å². The minimum absolute atomic E-state index is 0.148. The number of phenols is 4. The Morgan fingerprint density at radius 1 is 0.455 bits per heavy atom. The Morgan fingerprint density at radius 2 is 0.848 bits per heavy atom. The van der Waals surface area contributed by atoms with Gasteiger partial charge in [0.1, 0.15) is 28.8 Å². The quantitative estimate of drug-likeness (QED) is 0.290. The first-order chi connectivity index (χ1) is 16.0. The molecule has 33 heavy (non-hydrogen) atoms. The SMILES string of the molecule is Oc1ccc(-c2nc(-c3ccc(O)cc3)n(-c3ccc(O)cc3)c2-c2ccc(O)cc2)cc1. The number of rotatable bonds is 4. The van der Waals surface area contributed by atoms with Gasteiger partial charge in [-0.3, -0.25) is 4.57 Å². The third-order valence-electron chi connectivity index (χ3n) is 5.39. The maximum absolute atomic E-state index is 9.84. The van der Waals surface area contributed by atoms with Gasteiger partial charge in [0, 0.05) is 22.4 Å². The van der Waals surface area contributed by atoms with Crippen LogP contribution in [0.4, 0.5) is 0 Å². The summed E-state index contributed by atoms with van der Waals surface area (Å²) in [5.41, 5.74) is 4.63. The maximum atomic E-state index is 9.84. The second-order valence-electron chi connectivity index (χ2n) is 7.63. The molecule has 0 fully saturated rings. The average Bonchev–Trinajstić information content (AvgIpc) is 3.21. The van der Waals surface area contributed by atoms with E-state index in [-0.39, 0.29) is 23.0 Å². The molecule has 4 N–H and O–H groups in total. The van der Waals surface area contributed by atoms with Crippen LogP contribution in [-0.2, 0) is 0 Å². The molecule has 0 bridgehead atoms. The van der Waals surface area contributed by atoms with Gasteiger partial charge in [-0.15, -0.1) is 0 Å². The molecule has 0 aliphatic heterocycles. The van der Waals surface area contributed by atoms with Gasteiger partial charge in [-0.25, -0.2) is 4.98 Å². The minimum Gasteiger partial charge on any atom is -0.508 e. The smallest absolute Gasteiger partial charge is 0.145 e. The Labute approximate surface area is 189 Å². The van der Waals surface area contributed by atoms with Crippen LogP contribution in [0, 0.1) is 0 Å². The summed E-state index contributed by atoms with van der Waals surface area (Å²) in [5, 5.41) is 39.3. The van der Waals surface area contributed by atoms with E-state index in [1.54, 1.807) is 84.9 Å². The van der Waals surface area contributed by atoms with E-state index in [4.69, 9.17) is 4.98 Å². The first kappa shape index (κ1) is 20.2. The van der Waals surface area contributed by atoms with Crippen molar-refractivity contribution in [3.8, 4) is 62.6 Å². The molecule has 6 heteroatoms. The molecule has 0 atom stereocenters. The topological polar surface area (TPSA) is 98.7 Å². The van der Waals surface area contributed by atoms with Gasteiger partial charge in [0.2, 0.25) is 0 Å². The summed E-state index contributed by atoms with van der Waals surface area (Å²) in [6.45, 7) is 0. The maximum Gasteiger partial charge on any atom is 0.145 e. The molecule has 162 valence electrons. The Hall–Kier alpha value is -4.71. The van der Waals surface area contributed by atoms with Gasteiger partial charge in [0.05, 0.1) is 11.4 Å². The highest BCUT2D eigenvalue weighted by Gasteiger charge is 2.22. The lowest BCUT2D eigenvalue weighted by molar-refractivity contribution is 0.474. The number of hydrogen-bond donors (Lipinski definition) is 4. The lowest BCUT2D eigenvalue weighted by Crippen LogP contribution is -2.00. The molecule has 5 rings (SSSR count). The number of imidazole rings is 1.